The maximum Gasteiger partial charge on any atom is 0.518 e. The van der Waals surface area contributed by atoms with Gasteiger partial charge in [0.2, 0.25) is 0 Å². The Bertz CT molecular complexity index is 1490. The second-order valence-corrected chi connectivity index (χ2v) is 8.08. The van der Waals surface area contributed by atoms with Gasteiger partial charge in [0.1, 0.15) is 11.3 Å². The summed E-state index contributed by atoms with van der Waals surface area (Å²) in [5, 5.41) is 19.8. The summed E-state index contributed by atoms with van der Waals surface area (Å²) in [4.78, 5) is 35.6. The van der Waals surface area contributed by atoms with E-state index in [1.165, 1.54) is 67.5 Å². The fourth-order valence-electron chi connectivity index (χ4n) is 3.27. The minimum absolute atomic E-state index is 0.0201. The Kier molecular flexibility index (Phi) is 10.0. The lowest BCUT2D eigenvalue weighted by atomic mass is 10.1. The first-order valence-corrected chi connectivity index (χ1v) is 11.7. The first-order chi connectivity index (χ1) is 19.2. The molecule has 0 saturated heterocycles. The molecule has 0 saturated carbocycles. The molecular weight excluding hydrogens is 520 g/mol. The Morgan fingerprint density at radius 3 is 2.30 bits per heavy atom. The van der Waals surface area contributed by atoms with Gasteiger partial charge in [-0.2, -0.15) is 4.57 Å². The molecule has 0 aliphatic heterocycles. The summed E-state index contributed by atoms with van der Waals surface area (Å²) < 4.78 is 22.0. The fraction of sp³-hybridized carbons (Fsp3) is 0.103. The number of nitrogens with two attached hydrogens (primary N) is 1. The topological polar surface area (TPSA) is 158 Å². The zero-order chi connectivity index (χ0) is 29.1. The SMILES string of the molecule is COc1cc(C=CC(=O)C=C(O)C=Cc2ccc(OC(=O)OC[n+]3cccc(C(N)=O)c3)c(OC)c2)ccc1O. The molecule has 1 amide bonds. The van der Waals surface area contributed by atoms with Crippen LogP contribution in [0.3, 0.4) is 0 Å². The number of carbonyl (C=O) groups is 3. The number of nitrogens with zero attached hydrogens (tertiary/aromatic N) is 1. The Labute approximate surface area is 229 Å². The Balaban J connectivity index is 1.59. The molecule has 0 atom stereocenters. The number of phenolic OH excluding ortho intramolecular Hbond substituents is 1. The number of benzene rings is 2. The molecule has 3 aromatic rings. The number of carbonyl (C=O) groups excluding carboxylic acids is 3. The fourth-order valence-corrected chi connectivity index (χ4v) is 3.27. The van der Waals surface area contributed by atoms with E-state index in [2.05, 4.69) is 0 Å². The van der Waals surface area contributed by atoms with E-state index in [1.54, 1.807) is 36.5 Å². The zero-order valence-electron chi connectivity index (χ0n) is 21.6. The molecule has 4 N–H and O–H groups in total. The average molecular weight is 548 g/mol. The number of aromatic hydroxyl groups is 1. The maximum absolute atomic E-state index is 12.2. The second-order valence-electron chi connectivity index (χ2n) is 8.08. The van der Waals surface area contributed by atoms with E-state index in [0.29, 0.717) is 11.1 Å². The molecule has 1 heterocycles. The van der Waals surface area contributed by atoms with Gasteiger partial charge >= 0.3 is 6.16 Å². The number of aliphatic hydroxyl groups excluding tert-OH is 1. The van der Waals surface area contributed by atoms with Crippen molar-refractivity contribution in [3.63, 3.8) is 0 Å². The van der Waals surface area contributed by atoms with E-state index < -0.39 is 17.8 Å². The highest BCUT2D eigenvalue weighted by atomic mass is 16.7. The predicted molar refractivity (Wildman–Crippen MR) is 144 cm³/mol. The molecule has 0 radical (unpaired) electrons. The van der Waals surface area contributed by atoms with Gasteiger partial charge in [-0.15, -0.1) is 0 Å². The van der Waals surface area contributed by atoms with E-state index in [4.69, 9.17) is 24.7 Å². The molecule has 40 heavy (non-hydrogen) atoms. The largest absolute Gasteiger partial charge is 0.518 e. The molecule has 11 heteroatoms. The van der Waals surface area contributed by atoms with Gasteiger partial charge in [-0.05, 0) is 53.6 Å². The molecule has 0 spiro atoms. The monoisotopic (exact) mass is 547 g/mol. The first kappa shape index (κ1) is 29.0. The van der Waals surface area contributed by atoms with E-state index in [1.807, 2.05) is 0 Å². The standard InChI is InChI=1S/C29H26N2O9/c1-37-26-14-19(7-11-24(26)34)5-9-22(32)16-23(33)10-6-20-8-12-25(27(15-20)38-2)40-29(36)39-18-31-13-3-4-21(17-31)28(30)35/h3-17H,18H2,1-2H3,(H3-,30,32,33,34,35)/p+1. The molecule has 1 aromatic heterocycles. The normalized spacial score (nSPS) is 11.4. The van der Waals surface area contributed by atoms with Crippen LogP contribution in [0.1, 0.15) is 21.5 Å². The molecule has 0 aliphatic rings. The molecular formula is C29H27N2O9+. The number of hydrogen-bond acceptors (Lipinski definition) is 9. The van der Waals surface area contributed by atoms with Crippen molar-refractivity contribution in [2.75, 3.05) is 14.2 Å². The van der Waals surface area contributed by atoms with Crippen molar-refractivity contribution in [1.82, 2.24) is 0 Å². The van der Waals surface area contributed by atoms with Crippen LogP contribution in [-0.2, 0) is 16.3 Å². The summed E-state index contributed by atoms with van der Waals surface area (Å²) >= 11 is 0. The van der Waals surface area contributed by atoms with Gasteiger partial charge in [0.15, 0.2) is 41.2 Å². The van der Waals surface area contributed by atoms with Gasteiger partial charge in [0.05, 0.1) is 14.2 Å². The van der Waals surface area contributed by atoms with Gasteiger partial charge < -0.3 is 34.9 Å². The third-order valence-electron chi connectivity index (χ3n) is 5.24. The van der Waals surface area contributed by atoms with E-state index in [-0.39, 0.29) is 41.1 Å². The minimum Gasteiger partial charge on any atom is -0.508 e. The van der Waals surface area contributed by atoms with Crippen molar-refractivity contribution in [2.45, 2.75) is 6.73 Å². The maximum atomic E-state index is 12.2. The Morgan fingerprint density at radius 1 is 0.925 bits per heavy atom. The van der Waals surface area contributed by atoms with Gasteiger partial charge in [0, 0.05) is 12.1 Å². The summed E-state index contributed by atoms with van der Waals surface area (Å²) in [6, 6.07) is 12.3. The van der Waals surface area contributed by atoms with Crippen LogP contribution in [0.15, 0.2) is 84.9 Å². The lowest BCUT2D eigenvalue weighted by molar-refractivity contribution is -0.727. The predicted octanol–water partition coefficient (Wildman–Crippen LogP) is 3.71. The number of allylic oxidation sites excluding steroid dienone is 3. The number of methoxy groups -OCH3 is 2. The van der Waals surface area contributed by atoms with Crippen LogP contribution >= 0.6 is 0 Å². The van der Waals surface area contributed by atoms with E-state index in [9.17, 15) is 24.6 Å². The molecule has 0 aliphatic carbocycles. The lowest BCUT2D eigenvalue weighted by Crippen LogP contribution is -2.37. The lowest BCUT2D eigenvalue weighted by Gasteiger charge is -2.09. The third-order valence-corrected chi connectivity index (χ3v) is 5.24. The van der Waals surface area contributed by atoms with Gasteiger partial charge in [-0.25, -0.2) is 4.79 Å². The number of ketones is 1. The molecule has 2 aromatic carbocycles. The number of hydrogen-bond donors (Lipinski definition) is 3. The Hall–Kier alpha value is -5.58. The summed E-state index contributed by atoms with van der Waals surface area (Å²) in [5.74, 6) is -0.817. The molecule has 0 unspecified atom stereocenters. The summed E-state index contributed by atoms with van der Waals surface area (Å²) in [7, 11) is 2.81. The van der Waals surface area contributed by atoms with Crippen molar-refractivity contribution >= 4 is 30.0 Å². The summed E-state index contributed by atoms with van der Waals surface area (Å²) in [5.41, 5.74) is 6.70. The average Bonchev–Trinajstić information content (AvgIpc) is 2.95. The van der Waals surface area contributed by atoms with Gasteiger partial charge in [-0.3, -0.25) is 9.59 Å². The number of rotatable bonds is 11. The summed E-state index contributed by atoms with van der Waals surface area (Å²) in [6.45, 7) is -0.217. The van der Waals surface area contributed by atoms with E-state index in [0.717, 1.165) is 6.08 Å². The highest BCUT2D eigenvalue weighted by Gasteiger charge is 2.14. The number of phenols is 1. The molecule has 206 valence electrons. The third kappa shape index (κ3) is 8.48. The van der Waals surface area contributed by atoms with Gasteiger partial charge in [0.25, 0.3) is 12.6 Å². The minimum atomic E-state index is -1.00. The van der Waals surface area contributed by atoms with Crippen LogP contribution < -0.4 is 24.5 Å². The van der Waals surface area contributed by atoms with Crippen molar-refractivity contribution < 1.29 is 48.1 Å². The molecule has 0 fully saturated rings. The highest BCUT2D eigenvalue weighted by molar-refractivity contribution is 6.02. The smallest absolute Gasteiger partial charge is 0.508 e. The molecule has 11 nitrogen and oxygen atoms in total. The summed E-state index contributed by atoms with van der Waals surface area (Å²) in [6.07, 6.45) is 8.67. The van der Waals surface area contributed by atoms with Crippen LogP contribution in [0, 0.1) is 0 Å². The highest BCUT2D eigenvalue weighted by Crippen LogP contribution is 2.29. The van der Waals surface area contributed by atoms with Gasteiger partial charge in [-0.1, -0.05) is 24.3 Å². The molecule has 0 bridgehead atoms. The van der Waals surface area contributed by atoms with E-state index >= 15 is 0 Å². The number of ether oxygens (including phenoxy) is 4. The van der Waals surface area contributed by atoms with Crippen LogP contribution in [-0.4, -0.2) is 42.3 Å². The van der Waals surface area contributed by atoms with Crippen molar-refractivity contribution in [2.24, 2.45) is 5.73 Å². The van der Waals surface area contributed by atoms with Crippen molar-refractivity contribution in [1.29, 1.82) is 0 Å². The zero-order valence-corrected chi connectivity index (χ0v) is 21.6. The quantitative estimate of drug-likeness (QED) is 0.0812. The number of aromatic nitrogens is 1. The van der Waals surface area contributed by atoms with Crippen LogP contribution in [0.5, 0.6) is 23.0 Å². The van der Waals surface area contributed by atoms with Crippen molar-refractivity contribution in [3.8, 4) is 23.0 Å². The van der Waals surface area contributed by atoms with Crippen molar-refractivity contribution in [3.05, 3.63) is 102 Å². The number of primary amides is 1. The van der Waals surface area contributed by atoms with Crippen LogP contribution in [0.4, 0.5) is 4.79 Å². The van der Waals surface area contributed by atoms with Crippen LogP contribution in [0.2, 0.25) is 0 Å². The second kappa shape index (κ2) is 13.8. The number of aliphatic hydroxyl groups is 1. The number of pyridine rings is 1. The number of amides is 1. The Morgan fingerprint density at radius 2 is 1.60 bits per heavy atom. The molecule has 3 rings (SSSR count). The first-order valence-electron chi connectivity index (χ1n) is 11.7. The van der Waals surface area contributed by atoms with Crippen LogP contribution in [0.25, 0.3) is 12.2 Å².